The standard InChI is InChI=1S/C20H24N2O/c1-14(19(21)16-8-3-2-4-9-16)20(23)22-13-17-12-11-15-7-5-6-10-18(15)17/h2-10,14,17,19H,11-13,21H2,1H3,(H,22,23). The lowest BCUT2D eigenvalue weighted by Crippen LogP contribution is -2.37. The lowest BCUT2D eigenvalue weighted by atomic mass is 9.94. The maximum atomic E-state index is 12.4. The zero-order valence-corrected chi connectivity index (χ0v) is 13.5. The minimum atomic E-state index is -0.271. The van der Waals surface area contributed by atoms with Gasteiger partial charge in [-0.2, -0.15) is 0 Å². The number of carbonyl (C=O) groups excluding carboxylic acids is 1. The highest BCUT2D eigenvalue weighted by atomic mass is 16.1. The molecule has 1 aliphatic carbocycles. The van der Waals surface area contributed by atoms with Crippen LogP contribution in [0.3, 0.4) is 0 Å². The Balaban J connectivity index is 1.58. The molecule has 3 heteroatoms. The maximum Gasteiger partial charge on any atom is 0.224 e. The SMILES string of the molecule is CC(C(=O)NCC1CCc2ccccc21)C(N)c1ccccc1. The van der Waals surface area contributed by atoms with E-state index in [2.05, 4.69) is 29.6 Å². The molecule has 23 heavy (non-hydrogen) atoms. The van der Waals surface area contributed by atoms with Crippen molar-refractivity contribution >= 4 is 5.91 Å². The fourth-order valence-corrected chi connectivity index (χ4v) is 3.37. The Bertz CT molecular complexity index is 668. The first kappa shape index (κ1) is 15.8. The van der Waals surface area contributed by atoms with Gasteiger partial charge < -0.3 is 11.1 Å². The quantitative estimate of drug-likeness (QED) is 0.891. The van der Waals surface area contributed by atoms with E-state index in [0.717, 1.165) is 18.4 Å². The summed E-state index contributed by atoms with van der Waals surface area (Å²) in [6, 6.07) is 18.1. The van der Waals surface area contributed by atoms with E-state index in [0.29, 0.717) is 12.5 Å². The van der Waals surface area contributed by atoms with Gasteiger partial charge in [0.15, 0.2) is 0 Å². The third-order valence-electron chi connectivity index (χ3n) is 4.92. The number of aryl methyl sites for hydroxylation is 1. The van der Waals surface area contributed by atoms with Crippen LogP contribution in [0, 0.1) is 5.92 Å². The van der Waals surface area contributed by atoms with E-state index in [1.807, 2.05) is 37.3 Å². The molecule has 0 radical (unpaired) electrons. The van der Waals surface area contributed by atoms with E-state index < -0.39 is 0 Å². The number of amides is 1. The van der Waals surface area contributed by atoms with Crippen molar-refractivity contribution in [3.05, 3.63) is 71.3 Å². The van der Waals surface area contributed by atoms with Crippen molar-refractivity contribution < 1.29 is 4.79 Å². The molecule has 0 saturated carbocycles. The van der Waals surface area contributed by atoms with Crippen LogP contribution < -0.4 is 11.1 Å². The van der Waals surface area contributed by atoms with Crippen LogP contribution in [0.5, 0.6) is 0 Å². The molecule has 0 saturated heterocycles. The summed E-state index contributed by atoms with van der Waals surface area (Å²) in [6.45, 7) is 2.59. The molecule has 3 atom stereocenters. The normalized spacial score (nSPS) is 19.0. The second kappa shape index (κ2) is 6.97. The van der Waals surface area contributed by atoms with Gasteiger partial charge in [0, 0.05) is 18.5 Å². The molecule has 0 aliphatic heterocycles. The minimum Gasteiger partial charge on any atom is -0.355 e. The summed E-state index contributed by atoms with van der Waals surface area (Å²) in [6.07, 6.45) is 2.22. The second-order valence-corrected chi connectivity index (χ2v) is 6.40. The average molecular weight is 308 g/mol. The number of hydrogen-bond donors (Lipinski definition) is 2. The van der Waals surface area contributed by atoms with Gasteiger partial charge in [-0.05, 0) is 29.5 Å². The van der Waals surface area contributed by atoms with Crippen LogP contribution in [0.25, 0.3) is 0 Å². The number of carbonyl (C=O) groups is 1. The van der Waals surface area contributed by atoms with Gasteiger partial charge in [0.25, 0.3) is 0 Å². The fourth-order valence-electron chi connectivity index (χ4n) is 3.37. The molecule has 1 amide bonds. The van der Waals surface area contributed by atoms with Gasteiger partial charge in [0.05, 0.1) is 5.92 Å². The van der Waals surface area contributed by atoms with E-state index >= 15 is 0 Å². The van der Waals surface area contributed by atoms with Crippen LogP contribution in [0.2, 0.25) is 0 Å². The van der Waals surface area contributed by atoms with Crippen LogP contribution in [0.1, 0.15) is 42.0 Å². The summed E-state index contributed by atoms with van der Waals surface area (Å²) < 4.78 is 0. The van der Waals surface area contributed by atoms with Gasteiger partial charge in [0.1, 0.15) is 0 Å². The molecule has 1 aliphatic rings. The zero-order chi connectivity index (χ0) is 16.2. The molecule has 3 rings (SSSR count). The average Bonchev–Trinajstić information content (AvgIpc) is 3.02. The van der Waals surface area contributed by atoms with Crippen molar-refractivity contribution in [2.75, 3.05) is 6.54 Å². The molecule has 0 aromatic heterocycles. The third-order valence-corrected chi connectivity index (χ3v) is 4.92. The number of benzene rings is 2. The number of rotatable bonds is 5. The van der Waals surface area contributed by atoms with E-state index in [1.165, 1.54) is 11.1 Å². The Morgan fingerprint density at radius 3 is 2.65 bits per heavy atom. The highest BCUT2D eigenvalue weighted by molar-refractivity contribution is 5.79. The Hall–Kier alpha value is -2.13. The Kier molecular flexibility index (Phi) is 4.77. The maximum absolute atomic E-state index is 12.4. The van der Waals surface area contributed by atoms with Crippen LogP contribution in [-0.2, 0) is 11.2 Å². The van der Waals surface area contributed by atoms with Crippen LogP contribution in [-0.4, -0.2) is 12.5 Å². The largest absolute Gasteiger partial charge is 0.355 e. The molecule has 0 spiro atoms. The molecular weight excluding hydrogens is 284 g/mol. The van der Waals surface area contributed by atoms with Crippen molar-refractivity contribution in [3.63, 3.8) is 0 Å². The molecule has 3 unspecified atom stereocenters. The van der Waals surface area contributed by atoms with Gasteiger partial charge in [-0.3, -0.25) is 4.79 Å². The van der Waals surface area contributed by atoms with E-state index in [9.17, 15) is 4.79 Å². The first-order valence-electron chi connectivity index (χ1n) is 8.33. The summed E-state index contributed by atoms with van der Waals surface area (Å²) in [4.78, 5) is 12.4. The van der Waals surface area contributed by atoms with Gasteiger partial charge in [-0.25, -0.2) is 0 Å². The van der Waals surface area contributed by atoms with Crippen LogP contribution in [0.4, 0.5) is 0 Å². The number of fused-ring (bicyclic) bond motifs is 1. The topological polar surface area (TPSA) is 55.1 Å². The number of nitrogens with two attached hydrogens (primary N) is 1. The fraction of sp³-hybridized carbons (Fsp3) is 0.350. The minimum absolute atomic E-state index is 0.0331. The predicted octanol–water partition coefficient (Wildman–Crippen LogP) is 3.17. The summed E-state index contributed by atoms with van der Waals surface area (Å²) in [7, 11) is 0. The van der Waals surface area contributed by atoms with Crippen molar-refractivity contribution in [1.29, 1.82) is 0 Å². The lowest BCUT2D eigenvalue weighted by Gasteiger charge is -2.21. The van der Waals surface area contributed by atoms with Crippen molar-refractivity contribution in [2.45, 2.75) is 31.7 Å². The summed E-state index contributed by atoms with van der Waals surface area (Å²) in [5.74, 6) is 0.218. The third kappa shape index (κ3) is 3.45. The molecule has 0 fully saturated rings. The molecular formula is C20H24N2O. The molecule has 3 nitrogen and oxygen atoms in total. The zero-order valence-electron chi connectivity index (χ0n) is 13.5. The van der Waals surface area contributed by atoms with Gasteiger partial charge in [0.2, 0.25) is 5.91 Å². The molecule has 0 heterocycles. The van der Waals surface area contributed by atoms with Gasteiger partial charge in [-0.15, -0.1) is 0 Å². The Morgan fingerprint density at radius 1 is 1.17 bits per heavy atom. The van der Waals surface area contributed by atoms with E-state index in [1.54, 1.807) is 0 Å². The van der Waals surface area contributed by atoms with Crippen LogP contribution >= 0.6 is 0 Å². The summed E-state index contributed by atoms with van der Waals surface area (Å²) in [5.41, 5.74) is 10.0. The Morgan fingerprint density at radius 2 is 1.87 bits per heavy atom. The van der Waals surface area contributed by atoms with Crippen molar-refractivity contribution in [3.8, 4) is 0 Å². The first-order valence-corrected chi connectivity index (χ1v) is 8.33. The second-order valence-electron chi connectivity index (χ2n) is 6.40. The molecule has 120 valence electrons. The van der Waals surface area contributed by atoms with Gasteiger partial charge in [-0.1, -0.05) is 61.5 Å². The van der Waals surface area contributed by atoms with Crippen LogP contribution in [0.15, 0.2) is 54.6 Å². The summed E-state index contributed by atoms with van der Waals surface area (Å²) in [5, 5.41) is 3.10. The monoisotopic (exact) mass is 308 g/mol. The highest BCUT2D eigenvalue weighted by Gasteiger charge is 2.25. The Labute approximate surface area is 137 Å². The summed E-state index contributed by atoms with van der Waals surface area (Å²) >= 11 is 0. The number of hydrogen-bond acceptors (Lipinski definition) is 2. The van der Waals surface area contributed by atoms with E-state index in [4.69, 9.17) is 5.73 Å². The molecule has 2 aromatic carbocycles. The molecule has 2 aromatic rings. The lowest BCUT2D eigenvalue weighted by molar-refractivity contribution is -0.125. The number of nitrogens with one attached hydrogen (secondary N) is 1. The first-order chi connectivity index (χ1) is 11.2. The van der Waals surface area contributed by atoms with Gasteiger partial charge >= 0.3 is 0 Å². The molecule has 3 N–H and O–H groups in total. The van der Waals surface area contributed by atoms with Crippen molar-refractivity contribution in [1.82, 2.24) is 5.32 Å². The smallest absolute Gasteiger partial charge is 0.224 e. The van der Waals surface area contributed by atoms with Crippen molar-refractivity contribution in [2.24, 2.45) is 11.7 Å². The molecule has 0 bridgehead atoms. The highest BCUT2D eigenvalue weighted by Crippen LogP contribution is 2.32. The van der Waals surface area contributed by atoms with E-state index in [-0.39, 0.29) is 17.9 Å². The predicted molar refractivity (Wildman–Crippen MR) is 93.0 cm³/mol.